The van der Waals surface area contributed by atoms with E-state index in [9.17, 15) is 0 Å². The fourth-order valence-electron chi connectivity index (χ4n) is 2.63. The van der Waals surface area contributed by atoms with Gasteiger partial charge in [-0.2, -0.15) is 0 Å². The Balaban J connectivity index is 1.90. The standard InChI is InChI=1S/C15H21BO2/c1-13(2)14(3,4)18-16(17-13)15(10-11-15)12-8-6-5-7-9-12/h5-9H,10-11H2,1-4H3. The van der Waals surface area contributed by atoms with Gasteiger partial charge in [-0.1, -0.05) is 30.3 Å². The first-order valence-electron chi connectivity index (χ1n) is 6.79. The second-order valence-corrected chi connectivity index (χ2v) is 6.61. The molecule has 2 fully saturated rings. The van der Waals surface area contributed by atoms with Gasteiger partial charge in [0, 0.05) is 5.31 Å². The van der Waals surface area contributed by atoms with Crippen molar-refractivity contribution in [1.82, 2.24) is 0 Å². The summed E-state index contributed by atoms with van der Waals surface area (Å²) < 4.78 is 12.4. The van der Waals surface area contributed by atoms with Gasteiger partial charge in [0.05, 0.1) is 11.2 Å². The Morgan fingerprint density at radius 1 is 0.889 bits per heavy atom. The normalized spacial score (nSPS) is 27.2. The Labute approximate surface area is 110 Å². The highest BCUT2D eigenvalue weighted by Crippen LogP contribution is 2.55. The van der Waals surface area contributed by atoms with Crippen LogP contribution in [-0.4, -0.2) is 18.3 Å². The van der Waals surface area contributed by atoms with E-state index < -0.39 is 0 Å². The molecule has 1 saturated heterocycles. The van der Waals surface area contributed by atoms with Crippen LogP contribution in [0.3, 0.4) is 0 Å². The van der Waals surface area contributed by atoms with Gasteiger partial charge in [0.25, 0.3) is 0 Å². The molecule has 0 bridgehead atoms. The average Bonchev–Trinajstić information content (AvgIpc) is 3.05. The number of hydrogen-bond acceptors (Lipinski definition) is 2. The van der Waals surface area contributed by atoms with E-state index in [1.807, 2.05) is 0 Å². The SMILES string of the molecule is CC1(C)OB(C2(c3ccccc3)CC2)OC1(C)C. The van der Waals surface area contributed by atoms with E-state index in [0.717, 1.165) is 12.8 Å². The highest BCUT2D eigenvalue weighted by Gasteiger charge is 2.64. The molecule has 1 aliphatic heterocycles. The minimum atomic E-state index is -0.234. The summed E-state index contributed by atoms with van der Waals surface area (Å²) in [6.07, 6.45) is 2.32. The minimum Gasteiger partial charge on any atom is -0.403 e. The lowest BCUT2D eigenvalue weighted by Crippen LogP contribution is -2.41. The van der Waals surface area contributed by atoms with Gasteiger partial charge >= 0.3 is 7.12 Å². The predicted molar refractivity (Wildman–Crippen MR) is 73.4 cm³/mol. The zero-order chi connectivity index (χ0) is 13.0. The van der Waals surface area contributed by atoms with Crippen molar-refractivity contribution < 1.29 is 9.31 Å². The summed E-state index contributed by atoms with van der Waals surface area (Å²) in [4.78, 5) is 0. The van der Waals surface area contributed by atoms with Gasteiger partial charge in [-0.15, -0.1) is 0 Å². The van der Waals surface area contributed by atoms with Crippen LogP contribution in [0.4, 0.5) is 0 Å². The molecular weight excluding hydrogens is 223 g/mol. The van der Waals surface area contributed by atoms with Gasteiger partial charge in [0.1, 0.15) is 0 Å². The predicted octanol–water partition coefficient (Wildman–Crippen LogP) is 3.35. The number of hydrogen-bond donors (Lipinski definition) is 0. The third-order valence-corrected chi connectivity index (χ3v) is 4.84. The van der Waals surface area contributed by atoms with Crippen molar-refractivity contribution in [1.29, 1.82) is 0 Å². The zero-order valence-electron chi connectivity index (χ0n) is 11.7. The van der Waals surface area contributed by atoms with Crippen molar-refractivity contribution in [3.05, 3.63) is 35.9 Å². The molecule has 3 rings (SSSR count). The summed E-state index contributed by atoms with van der Waals surface area (Å²) in [5, 5.41) is 0.0896. The first-order valence-corrected chi connectivity index (χ1v) is 6.79. The monoisotopic (exact) mass is 244 g/mol. The molecule has 96 valence electrons. The fraction of sp³-hybridized carbons (Fsp3) is 0.600. The minimum absolute atomic E-state index is 0.0896. The maximum Gasteiger partial charge on any atom is 0.469 e. The average molecular weight is 244 g/mol. The molecule has 2 aliphatic rings. The van der Waals surface area contributed by atoms with Crippen molar-refractivity contribution in [2.75, 3.05) is 0 Å². The summed E-state index contributed by atoms with van der Waals surface area (Å²) in [5.41, 5.74) is 0.882. The molecule has 1 aromatic carbocycles. The van der Waals surface area contributed by atoms with Crippen LogP contribution in [0.25, 0.3) is 0 Å². The van der Waals surface area contributed by atoms with E-state index in [1.54, 1.807) is 0 Å². The molecule has 0 radical (unpaired) electrons. The first kappa shape index (κ1) is 12.2. The van der Waals surface area contributed by atoms with E-state index in [4.69, 9.17) is 9.31 Å². The van der Waals surface area contributed by atoms with Crippen LogP contribution < -0.4 is 0 Å². The third kappa shape index (κ3) is 1.64. The molecule has 18 heavy (non-hydrogen) atoms. The lowest BCUT2D eigenvalue weighted by Gasteiger charge is -2.32. The summed E-state index contributed by atoms with van der Waals surface area (Å²) >= 11 is 0. The largest absolute Gasteiger partial charge is 0.469 e. The maximum atomic E-state index is 6.22. The third-order valence-electron chi connectivity index (χ3n) is 4.84. The second-order valence-electron chi connectivity index (χ2n) is 6.61. The summed E-state index contributed by atoms with van der Waals surface area (Å²) in [5.74, 6) is 0. The second kappa shape index (κ2) is 3.61. The Bertz CT molecular complexity index is 433. The van der Waals surface area contributed by atoms with Crippen molar-refractivity contribution in [2.24, 2.45) is 0 Å². The molecule has 3 heteroatoms. The summed E-state index contributed by atoms with van der Waals surface area (Å²) in [7, 11) is -0.107. The quantitative estimate of drug-likeness (QED) is 0.743. The zero-order valence-corrected chi connectivity index (χ0v) is 11.7. The van der Waals surface area contributed by atoms with E-state index in [2.05, 4.69) is 58.0 Å². The molecule has 0 aromatic heterocycles. The van der Waals surface area contributed by atoms with Crippen LogP contribution >= 0.6 is 0 Å². The van der Waals surface area contributed by atoms with E-state index in [-0.39, 0.29) is 23.6 Å². The lowest BCUT2D eigenvalue weighted by molar-refractivity contribution is 0.00578. The molecule has 0 unspecified atom stereocenters. The molecule has 0 amide bonds. The Kier molecular flexibility index (Phi) is 2.46. The Morgan fingerprint density at radius 2 is 1.39 bits per heavy atom. The highest BCUT2D eigenvalue weighted by atomic mass is 16.7. The Hall–Kier alpha value is -0.795. The van der Waals surface area contributed by atoms with Crippen molar-refractivity contribution in [2.45, 2.75) is 57.1 Å². The van der Waals surface area contributed by atoms with E-state index in [0.29, 0.717) is 0 Å². The lowest BCUT2D eigenvalue weighted by atomic mass is 9.64. The van der Waals surface area contributed by atoms with Crippen molar-refractivity contribution >= 4 is 7.12 Å². The molecule has 0 spiro atoms. The van der Waals surface area contributed by atoms with Crippen LogP contribution in [0, 0.1) is 0 Å². The van der Waals surface area contributed by atoms with Gasteiger partial charge in [-0.25, -0.2) is 0 Å². The molecule has 1 saturated carbocycles. The maximum absolute atomic E-state index is 6.22. The van der Waals surface area contributed by atoms with Gasteiger partial charge in [0.15, 0.2) is 0 Å². The van der Waals surface area contributed by atoms with Gasteiger partial charge in [-0.3, -0.25) is 0 Å². The van der Waals surface area contributed by atoms with Crippen LogP contribution in [-0.2, 0) is 14.6 Å². The van der Waals surface area contributed by atoms with Crippen LogP contribution in [0.1, 0.15) is 46.1 Å². The van der Waals surface area contributed by atoms with E-state index >= 15 is 0 Å². The highest BCUT2D eigenvalue weighted by molar-refractivity contribution is 6.51. The number of rotatable bonds is 2. The van der Waals surface area contributed by atoms with Crippen LogP contribution in [0.5, 0.6) is 0 Å². The molecule has 2 nitrogen and oxygen atoms in total. The molecule has 1 aliphatic carbocycles. The van der Waals surface area contributed by atoms with Crippen LogP contribution in [0.2, 0.25) is 0 Å². The molecular formula is C15H21BO2. The van der Waals surface area contributed by atoms with E-state index in [1.165, 1.54) is 5.56 Å². The van der Waals surface area contributed by atoms with Gasteiger partial charge < -0.3 is 9.31 Å². The van der Waals surface area contributed by atoms with Crippen LogP contribution in [0.15, 0.2) is 30.3 Å². The summed E-state index contributed by atoms with van der Waals surface area (Å²) in [6.45, 7) is 8.48. The van der Waals surface area contributed by atoms with Gasteiger partial charge in [-0.05, 0) is 46.1 Å². The topological polar surface area (TPSA) is 18.5 Å². The number of benzene rings is 1. The molecule has 1 aromatic rings. The van der Waals surface area contributed by atoms with Crippen molar-refractivity contribution in [3.8, 4) is 0 Å². The molecule has 0 atom stereocenters. The Morgan fingerprint density at radius 3 is 1.83 bits per heavy atom. The first-order chi connectivity index (χ1) is 8.37. The summed E-state index contributed by atoms with van der Waals surface area (Å²) in [6, 6.07) is 10.6. The van der Waals surface area contributed by atoms with Crippen molar-refractivity contribution in [3.63, 3.8) is 0 Å². The smallest absolute Gasteiger partial charge is 0.403 e. The fourth-order valence-corrected chi connectivity index (χ4v) is 2.63. The van der Waals surface area contributed by atoms with Gasteiger partial charge in [0.2, 0.25) is 0 Å². The molecule has 1 heterocycles. The molecule has 0 N–H and O–H groups in total.